The Hall–Kier alpha value is -1.47. The van der Waals surface area contributed by atoms with Crippen molar-refractivity contribution in [3.8, 4) is 5.88 Å². The van der Waals surface area contributed by atoms with Crippen molar-refractivity contribution in [2.45, 2.75) is 6.42 Å². The Labute approximate surface area is 110 Å². The number of nitrogens with zero attached hydrogens (tertiary/aromatic N) is 1. The molecule has 0 saturated carbocycles. The Balaban J connectivity index is 2.33. The minimum absolute atomic E-state index is 0.0580. The average Bonchev–Trinajstić information content (AvgIpc) is 2.40. The largest absolute Gasteiger partial charge is 0.473 e. The average molecular weight is 276 g/mol. The topological polar surface area (TPSA) is 52.6 Å². The summed E-state index contributed by atoms with van der Waals surface area (Å²) in [7, 11) is 3.11. The van der Waals surface area contributed by atoms with Gasteiger partial charge in [0.1, 0.15) is 6.61 Å². The van der Waals surface area contributed by atoms with E-state index >= 15 is 0 Å². The standard InChI is InChI=1S/C12H18F2N2O3/c1-15-11-9(13)8-10(14)12(16-11)19-7-6-18-5-3-4-17-2/h8H,3-7H2,1-2H3,(H,15,16). The second-order valence-electron chi connectivity index (χ2n) is 3.66. The van der Waals surface area contributed by atoms with Gasteiger partial charge in [-0.1, -0.05) is 0 Å². The van der Waals surface area contributed by atoms with E-state index in [0.29, 0.717) is 19.8 Å². The number of methoxy groups -OCH3 is 1. The van der Waals surface area contributed by atoms with Crippen LogP contribution in [0, 0.1) is 11.6 Å². The molecule has 0 radical (unpaired) electrons. The molecule has 1 aromatic rings. The van der Waals surface area contributed by atoms with Crippen LogP contribution in [-0.2, 0) is 9.47 Å². The van der Waals surface area contributed by atoms with Crippen LogP contribution in [0.1, 0.15) is 6.42 Å². The van der Waals surface area contributed by atoms with Crippen LogP contribution in [0.4, 0.5) is 14.6 Å². The predicted octanol–water partition coefficient (Wildman–Crippen LogP) is 1.83. The zero-order valence-electron chi connectivity index (χ0n) is 11.0. The number of anilines is 1. The highest BCUT2D eigenvalue weighted by atomic mass is 19.1. The van der Waals surface area contributed by atoms with E-state index in [1.54, 1.807) is 7.11 Å². The first-order valence-corrected chi connectivity index (χ1v) is 5.92. The highest BCUT2D eigenvalue weighted by molar-refractivity contribution is 5.38. The van der Waals surface area contributed by atoms with Gasteiger partial charge < -0.3 is 19.5 Å². The molecule has 0 aliphatic rings. The van der Waals surface area contributed by atoms with Crippen LogP contribution in [0.15, 0.2) is 6.07 Å². The van der Waals surface area contributed by atoms with Crippen LogP contribution in [0.2, 0.25) is 0 Å². The van der Waals surface area contributed by atoms with Crippen molar-refractivity contribution in [3.63, 3.8) is 0 Å². The maximum Gasteiger partial charge on any atom is 0.252 e. The van der Waals surface area contributed by atoms with Crippen molar-refractivity contribution in [2.75, 3.05) is 45.9 Å². The number of aromatic nitrogens is 1. The SMILES string of the molecule is CNc1nc(OCCOCCCOC)c(F)cc1F. The quantitative estimate of drug-likeness (QED) is 0.697. The van der Waals surface area contributed by atoms with Crippen LogP contribution in [-0.4, -0.2) is 45.6 Å². The smallest absolute Gasteiger partial charge is 0.252 e. The third-order valence-corrected chi connectivity index (χ3v) is 2.24. The summed E-state index contributed by atoms with van der Waals surface area (Å²) in [6.07, 6.45) is 0.781. The monoisotopic (exact) mass is 276 g/mol. The fourth-order valence-corrected chi connectivity index (χ4v) is 1.33. The number of pyridine rings is 1. The summed E-state index contributed by atoms with van der Waals surface area (Å²) in [5.41, 5.74) is 0. The Morgan fingerprint density at radius 2 is 1.95 bits per heavy atom. The summed E-state index contributed by atoms with van der Waals surface area (Å²) in [6, 6.07) is 0.730. The van der Waals surface area contributed by atoms with Gasteiger partial charge in [0.2, 0.25) is 0 Å². The second kappa shape index (κ2) is 8.60. The fourth-order valence-electron chi connectivity index (χ4n) is 1.33. The van der Waals surface area contributed by atoms with Crippen molar-refractivity contribution in [3.05, 3.63) is 17.7 Å². The summed E-state index contributed by atoms with van der Waals surface area (Å²) < 4.78 is 41.6. The summed E-state index contributed by atoms with van der Waals surface area (Å²) in [5.74, 6) is -1.90. The Kier molecular flexibility index (Phi) is 7.06. The molecule has 1 rings (SSSR count). The lowest BCUT2D eigenvalue weighted by Gasteiger charge is -2.09. The summed E-state index contributed by atoms with van der Waals surface area (Å²) in [4.78, 5) is 3.68. The van der Waals surface area contributed by atoms with Crippen molar-refractivity contribution in [2.24, 2.45) is 0 Å². The molecule has 0 saturated heterocycles. The number of hydrogen-bond acceptors (Lipinski definition) is 5. The Bertz CT molecular complexity index is 391. The molecule has 108 valence electrons. The molecule has 0 aliphatic carbocycles. The predicted molar refractivity (Wildman–Crippen MR) is 66.5 cm³/mol. The van der Waals surface area contributed by atoms with Crippen molar-refractivity contribution < 1.29 is 23.0 Å². The minimum Gasteiger partial charge on any atom is -0.473 e. The lowest BCUT2D eigenvalue weighted by atomic mass is 10.4. The molecule has 0 amide bonds. The van der Waals surface area contributed by atoms with Gasteiger partial charge in [0.25, 0.3) is 5.88 Å². The first-order valence-electron chi connectivity index (χ1n) is 5.92. The summed E-state index contributed by atoms with van der Waals surface area (Å²) in [5, 5.41) is 2.51. The molecule has 19 heavy (non-hydrogen) atoms. The summed E-state index contributed by atoms with van der Waals surface area (Å²) in [6.45, 7) is 1.61. The molecule has 0 fully saturated rings. The second-order valence-corrected chi connectivity index (χ2v) is 3.66. The van der Waals surface area contributed by atoms with Gasteiger partial charge in [0.15, 0.2) is 17.5 Å². The van der Waals surface area contributed by atoms with Gasteiger partial charge in [-0.25, -0.2) is 8.78 Å². The van der Waals surface area contributed by atoms with E-state index < -0.39 is 11.6 Å². The van der Waals surface area contributed by atoms with Gasteiger partial charge in [0.05, 0.1) is 6.61 Å². The summed E-state index contributed by atoms with van der Waals surface area (Å²) >= 11 is 0. The van der Waals surface area contributed by atoms with E-state index in [4.69, 9.17) is 14.2 Å². The van der Waals surface area contributed by atoms with Crippen LogP contribution in [0.5, 0.6) is 5.88 Å². The van der Waals surface area contributed by atoms with Gasteiger partial charge in [0, 0.05) is 33.4 Å². The molecule has 1 heterocycles. The molecule has 7 heteroatoms. The molecule has 1 aromatic heterocycles. The first kappa shape index (κ1) is 15.6. The van der Waals surface area contributed by atoms with Crippen molar-refractivity contribution in [1.29, 1.82) is 0 Å². The van der Waals surface area contributed by atoms with Crippen molar-refractivity contribution >= 4 is 5.82 Å². The molecular formula is C12H18F2N2O3. The van der Waals surface area contributed by atoms with Crippen LogP contribution < -0.4 is 10.1 Å². The third kappa shape index (κ3) is 5.35. The number of ether oxygens (including phenoxy) is 3. The number of rotatable bonds is 9. The van der Waals surface area contributed by atoms with Gasteiger partial charge in [-0.05, 0) is 6.42 Å². The van der Waals surface area contributed by atoms with Crippen LogP contribution in [0.25, 0.3) is 0 Å². The Morgan fingerprint density at radius 3 is 2.63 bits per heavy atom. The molecule has 1 N–H and O–H groups in total. The zero-order valence-corrected chi connectivity index (χ0v) is 11.0. The third-order valence-electron chi connectivity index (χ3n) is 2.24. The van der Waals surface area contributed by atoms with Gasteiger partial charge in [-0.3, -0.25) is 0 Å². The van der Waals surface area contributed by atoms with E-state index in [-0.39, 0.29) is 18.3 Å². The van der Waals surface area contributed by atoms with E-state index in [0.717, 1.165) is 12.5 Å². The number of nitrogens with one attached hydrogen (secondary N) is 1. The fraction of sp³-hybridized carbons (Fsp3) is 0.583. The van der Waals surface area contributed by atoms with Crippen LogP contribution in [0.3, 0.4) is 0 Å². The zero-order chi connectivity index (χ0) is 14.1. The normalized spacial score (nSPS) is 10.5. The maximum atomic E-state index is 13.3. The van der Waals surface area contributed by atoms with Gasteiger partial charge in [-0.15, -0.1) is 0 Å². The maximum absolute atomic E-state index is 13.3. The Morgan fingerprint density at radius 1 is 1.16 bits per heavy atom. The first-order chi connectivity index (χ1) is 9.19. The molecule has 0 bridgehead atoms. The number of halogens is 2. The minimum atomic E-state index is -0.837. The molecule has 0 aromatic carbocycles. The molecule has 5 nitrogen and oxygen atoms in total. The van der Waals surface area contributed by atoms with E-state index in [1.807, 2.05) is 0 Å². The highest BCUT2D eigenvalue weighted by Gasteiger charge is 2.11. The lowest BCUT2D eigenvalue weighted by Crippen LogP contribution is -2.11. The molecule has 0 spiro atoms. The molecular weight excluding hydrogens is 258 g/mol. The van der Waals surface area contributed by atoms with Gasteiger partial charge in [-0.2, -0.15) is 4.98 Å². The van der Waals surface area contributed by atoms with E-state index in [1.165, 1.54) is 7.05 Å². The number of hydrogen-bond donors (Lipinski definition) is 1. The molecule has 0 unspecified atom stereocenters. The van der Waals surface area contributed by atoms with Gasteiger partial charge >= 0.3 is 0 Å². The van der Waals surface area contributed by atoms with Crippen LogP contribution >= 0.6 is 0 Å². The lowest BCUT2D eigenvalue weighted by molar-refractivity contribution is 0.0784. The molecule has 0 aliphatic heterocycles. The van der Waals surface area contributed by atoms with E-state index in [9.17, 15) is 8.78 Å². The van der Waals surface area contributed by atoms with E-state index in [2.05, 4.69) is 10.3 Å². The molecule has 0 atom stereocenters. The highest BCUT2D eigenvalue weighted by Crippen LogP contribution is 2.20. The van der Waals surface area contributed by atoms with Crippen molar-refractivity contribution in [1.82, 2.24) is 4.98 Å².